The van der Waals surface area contributed by atoms with Crippen molar-refractivity contribution in [3.8, 4) is 0 Å². The van der Waals surface area contributed by atoms with E-state index >= 15 is 0 Å². The van der Waals surface area contributed by atoms with Gasteiger partial charge in [-0.1, -0.05) is 5.16 Å². The minimum atomic E-state index is -1.46. The molecule has 4 rings (SSSR count). The minimum Gasteiger partial charge on any atom is -0.543 e. The van der Waals surface area contributed by atoms with Gasteiger partial charge in [0, 0.05) is 43.7 Å². The molecule has 2 aliphatic rings. The number of carboxylic acid groups (broad SMARTS) is 1. The molecular weight excluding hydrogens is 462 g/mol. The standard InChI is InChI=1S/C21H23N7O5S/c1-26(2)11-6-8-27(9-7-11)14-5-4-13-16(19(30)28(13)17(14)20(31)32)24-18(29)15(25-33-3)12-10-34-21(22)23-12/h6-10,13,16H,4-5H2,1-3H3,(H3-,22,23,24,29,31,32)/b25-15+/t13-,16+/m1/s1. The van der Waals surface area contributed by atoms with E-state index in [1.165, 1.54) is 12.0 Å². The first-order valence-electron chi connectivity index (χ1n) is 10.3. The van der Waals surface area contributed by atoms with E-state index in [4.69, 9.17) is 10.6 Å². The Labute approximate surface area is 198 Å². The third-order valence-corrected chi connectivity index (χ3v) is 6.37. The van der Waals surface area contributed by atoms with Gasteiger partial charge in [-0.2, -0.15) is 4.57 Å². The SMILES string of the molecule is CO/N=C(/C(=O)N[C@@H]1C(=O)N2C(C(=O)[O-])=C([n+]3ccc(N(C)C)cc3)CC[C@H]12)c1csc(N)n1. The lowest BCUT2D eigenvalue weighted by Gasteiger charge is -2.50. The Morgan fingerprint density at radius 1 is 1.38 bits per heavy atom. The number of nitrogens with two attached hydrogens (primary N) is 1. The van der Waals surface area contributed by atoms with Gasteiger partial charge in [0.25, 0.3) is 11.8 Å². The molecule has 2 atom stereocenters. The van der Waals surface area contributed by atoms with Crippen LogP contribution in [-0.2, 0) is 19.2 Å². The maximum absolute atomic E-state index is 13.0. The molecule has 4 heterocycles. The van der Waals surface area contributed by atoms with Gasteiger partial charge >= 0.3 is 0 Å². The molecule has 1 fully saturated rings. The van der Waals surface area contributed by atoms with E-state index in [0.29, 0.717) is 18.5 Å². The number of nitrogens with one attached hydrogen (secondary N) is 1. The van der Waals surface area contributed by atoms with Gasteiger partial charge in [-0.25, -0.2) is 4.98 Å². The molecule has 2 aliphatic heterocycles. The number of fused-ring (bicyclic) bond motifs is 1. The van der Waals surface area contributed by atoms with Crippen LogP contribution in [-0.4, -0.2) is 66.7 Å². The summed E-state index contributed by atoms with van der Waals surface area (Å²) >= 11 is 1.13. The summed E-state index contributed by atoms with van der Waals surface area (Å²) in [5.74, 6) is -2.68. The Morgan fingerprint density at radius 2 is 2.09 bits per heavy atom. The van der Waals surface area contributed by atoms with Crippen LogP contribution in [0.25, 0.3) is 5.70 Å². The normalized spacial score (nSPS) is 19.9. The zero-order chi connectivity index (χ0) is 24.6. The molecule has 178 valence electrons. The molecule has 0 aliphatic carbocycles. The van der Waals surface area contributed by atoms with E-state index in [0.717, 1.165) is 17.0 Å². The number of carbonyl (C=O) groups excluding carboxylic acids is 3. The van der Waals surface area contributed by atoms with Crippen LogP contribution in [0, 0.1) is 0 Å². The number of hydrogen-bond donors (Lipinski definition) is 2. The number of pyridine rings is 1. The zero-order valence-electron chi connectivity index (χ0n) is 18.7. The Morgan fingerprint density at radius 3 is 2.65 bits per heavy atom. The number of carbonyl (C=O) groups is 3. The van der Waals surface area contributed by atoms with E-state index in [2.05, 4.69) is 15.5 Å². The number of nitrogen functional groups attached to an aromatic ring is 1. The Bertz CT molecular complexity index is 1200. The van der Waals surface area contributed by atoms with Crippen LogP contribution in [0.1, 0.15) is 18.5 Å². The van der Waals surface area contributed by atoms with Crippen molar-refractivity contribution >= 4 is 51.3 Å². The van der Waals surface area contributed by atoms with Gasteiger partial charge in [-0.15, -0.1) is 11.3 Å². The third-order valence-electron chi connectivity index (χ3n) is 5.69. The first-order valence-corrected chi connectivity index (χ1v) is 11.2. The number of rotatable bonds is 7. The van der Waals surface area contributed by atoms with Crippen molar-refractivity contribution in [2.75, 3.05) is 31.8 Å². The summed E-state index contributed by atoms with van der Waals surface area (Å²) in [5, 5.41) is 20.2. The average molecular weight is 486 g/mol. The number of allylic oxidation sites excluding steroid dienone is 1. The fourth-order valence-corrected chi connectivity index (χ4v) is 4.63. The van der Waals surface area contributed by atoms with Crippen molar-refractivity contribution in [3.63, 3.8) is 0 Å². The summed E-state index contributed by atoms with van der Waals surface area (Å²) in [6, 6.07) is 2.24. The maximum Gasteiger partial charge on any atom is 0.276 e. The largest absolute Gasteiger partial charge is 0.543 e. The molecule has 0 unspecified atom stereocenters. The molecule has 0 aromatic carbocycles. The fourth-order valence-electron chi connectivity index (χ4n) is 4.08. The van der Waals surface area contributed by atoms with Gasteiger partial charge in [0.1, 0.15) is 24.5 Å². The molecule has 2 aromatic rings. The summed E-state index contributed by atoms with van der Waals surface area (Å²) in [6.45, 7) is 0. The minimum absolute atomic E-state index is 0.134. The van der Waals surface area contributed by atoms with Gasteiger partial charge in [-0.05, 0) is 6.42 Å². The first-order chi connectivity index (χ1) is 16.2. The maximum atomic E-state index is 13.0. The van der Waals surface area contributed by atoms with Crippen molar-refractivity contribution in [1.82, 2.24) is 15.2 Å². The highest BCUT2D eigenvalue weighted by molar-refractivity contribution is 7.13. The van der Waals surface area contributed by atoms with E-state index in [9.17, 15) is 19.5 Å². The first kappa shape index (κ1) is 23.2. The second-order valence-corrected chi connectivity index (χ2v) is 8.79. The number of oxime groups is 1. The highest BCUT2D eigenvalue weighted by atomic mass is 32.1. The van der Waals surface area contributed by atoms with E-state index in [1.807, 2.05) is 31.1 Å². The highest BCUT2D eigenvalue weighted by Crippen LogP contribution is 2.36. The van der Waals surface area contributed by atoms with Crippen LogP contribution >= 0.6 is 11.3 Å². The Kier molecular flexibility index (Phi) is 6.20. The second kappa shape index (κ2) is 9.09. The number of aliphatic carboxylic acids is 1. The molecular formula is C21H23N7O5S. The third kappa shape index (κ3) is 4.05. The fraction of sp³-hybridized carbons (Fsp3) is 0.333. The van der Waals surface area contributed by atoms with Crippen molar-refractivity contribution in [1.29, 1.82) is 0 Å². The smallest absolute Gasteiger partial charge is 0.276 e. The molecule has 3 N–H and O–H groups in total. The molecule has 0 saturated carbocycles. The lowest BCUT2D eigenvalue weighted by molar-refractivity contribution is -0.585. The number of carboxylic acids is 1. The van der Waals surface area contributed by atoms with E-state index in [1.54, 1.807) is 22.3 Å². The monoisotopic (exact) mass is 485 g/mol. The topological polar surface area (TPSA) is 157 Å². The van der Waals surface area contributed by atoms with Crippen LogP contribution in [0.3, 0.4) is 0 Å². The Balaban J connectivity index is 1.57. The molecule has 13 heteroatoms. The van der Waals surface area contributed by atoms with Crippen LogP contribution in [0.15, 0.2) is 40.8 Å². The molecule has 2 aromatic heterocycles. The molecule has 34 heavy (non-hydrogen) atoms. The van der Waals surface area contributed by atoms with Crippen molar-refractivity contribution < 1.29 is 28.9 Å². The molecule has 0 bridgehead atoms. The molecule has 2 amide bonds. The molecule has 1 saturated heterocycles. The number of thiazole rings is 1. The highest BCUT2D eigenvalue weighted by Gasteiger charge is 2.54. The average Bonchev–Trinajstić information content (AvgIpc) is 3.25. The van der Waals surface area contributed by atoms with Gasteiger partial charge < -0.3 is 30.7 Å². The van der Waals surface area contributed by atoms with E-state index in [-0.39, 0.29) is 22.2 Å². The number of hydrogen-bond acceptors (Lipinski definition) is 10. The molecule has 0 spiro atoms. The van der Waals surface area contributed by atoms with Crippen molar-refractivity contribution in [3.05, 3.63) is 41.3 Å². The van der Waals surface area contributed by atoms with Crippen LogP contribution < -0.4 is 25.6 Å². The number of amides is 2. The van der Waals surface area contributed by atoms with Gasteiger partial charge in [0.2, 0.25) is 5.70 Å². The van der Waals surface area contributed by atoms with Gasteiger partial charge in [-0.3, -0.25) is 14.5 Å². The molecule has 0 radical (unpaired) electrons. The number of aromatic nitrogens is 2. The van der Waals surface area contributed by atoms with Crippen molar-refractivity contribution in [2.45, 2.75) is 24.9 Å². The van der Waals surface area contributed by atoms with Crippen LogP contribution in [0.4, 0.5) is 10.8 Å². The summed E-state index contributed by atoms with van der Waals surface area (Å²) in [5.41, 5.74) is 6.90. The van der Waals surface area contributed by atoms with Crippen LogP contribution in [0.2, 0.25) is 0 Å². The zero-order valence-corrected chi connectivity index (χ0v) is 19.5. The summed E-state index contributed by atoms with van der Waals surface area (Å²) in [6.07, 6.45) is 4.30. The van der Waals surface area contributed by atoms with Crippen LogP contribution in [0.5, 0.6) is 0 Å². The number of nitrogens with zero attached hydrogens (tertiary/aromatic N) is 5. The second-order valence-electron chi connectivity index (χ2n) is 7.90. The summed E-state index contributed by atoms with van der Waals surface area (Å²) < 4.78 is 1.67. The number of anilines is 2. The lowest BCUT2D eigenvalue weighted by atomic mass is 9.85. The predicted octanol–water partition coefficient (Wildman–Crippen LogP) is -1.46. The van der Waals surface area contributed by atoms with Gasteiger partial charge in [0.15, 0.2) is 23.2 Å². The Hall–Kier alpha value is -4.00. The summed E-state index contributed by atoms with van der Waals surface area (Å²) in [7, 11) is 5.08. The summed E-state index contributed by atoms with van der Waals surface area (Å²) in [4.78, 5) is 49.7. The predicted molar refractivity (Wildman–Crippen MR) is 121 cm³/mol. The molecule has 12 nitrogen and oxygen atoms in total. The quantitative estimate of drug-likeness (QED) is 0.208. The van der Waals surface area contributed by atoms with E-state index < -0.39 is 29.9 Å². The van der Waals surface area contributed by atoms with Crippen molar-refractivity contribution in [2.24, 2.45) is 5.16 Å². The number of β-lactam (4-membered cyclic amide) rings is 1. The van der Waals surface area contributed by atoms with Gasteiger partial charge in [0.05, 0.1) is 12.0 Å². The lowest BCUT2D eigenvalue weighted by Crippen LogP contribution is -2.73.